The molecule has 0 spiro atoms. The summed E-state index contributed by atoms with van der Waals surface area (Å²) < 4.78 is 6.60. The van der Waals surface area contributed by atoms with E-state index in [2.05, 4.69) is 10.4 Å². The zero-order chi connectivity index (χ0) is 12.0. The highest BCUT2D eigenvalue weighted by molar-refractivity contribution is 5.75. The fourth-order valence-corrected chi connectivity index (χ4v) is 1.47. The van der Waals surface area contributed by atoms with Crippen LogP contribution in [0.5, 0.6) is 0 Å². The van der Waals surface area contributed by atoms with Crippen LogP contribution in [0.1, 0.15) is 17.8 Å². The van der Waals surface area contributed by atoms with Crippen LogP contribution in [-0.4, -0.2) is 35.9 Å². The van der Waals surface area contributed by atoms with Gasteiger partial charge in [0.25, 0.3) is 0 Å². The SMILES string of the molecule is COCCCNC(=O)Cn1nc(C)cc1C. The zero-order valence-corrected chi connectivity index (χ0v) is 10.1. The molecule has 0 unspecified atom stereocenters. The second kappa shape index (κ2) is 6.27. The maximum Gasteiger partial charge on any atom is 0.241 e. The van der Waals surface area contributed by atoms with Crippen LogP contribution in [0, 0.1) is 13.8 Å². The Labute approximate surface area is 95.8 Å². The summed E-state index contributed by atoms with van der Waals surface area (Å²) in [5.74, 6) is -0.0118. The summed E-state index contributed by atoms with van der Waals surface area (Å²) in [6, 6.07) is 1.96. The third-order valence-electron chi connectivity index (χ3n) is 2.24. The van der Waals surface area contributed by atoms with E-state index < -0.39 is 0 Å². The van der Waals surface area contributed by atoms with Crippen molar-refractivity contribution in [3.63, 3.8) is 0 Å². The smallest absolute Gasteiger partial charge is 0.241 e. The van der Waals surface area contributed by atoms with Gasteiger partial charge in [0.2, 0.25) is 5.91 Å². The monoisotopic (exact) mass is 225 g/mol. The van der Waals surface area contributed by atoms with Gasteiger partial charge in [-0.15, -0.1) is 0 Å². The number of aryl methyl sites for hydroxylation is 2. The molecule has 0 atom stereocenters. The number of nitrogens with one attached hydrogen (secondary N) is 1. The molecule has 16 heavy (non-hydrogen) atoms. The molecule has 1 N–H and O–H groups in total. The van der Waals surface area contributed by atoms with E-state index in [-0.39, 0.29) is 12.5 Å². The van der Waals surface area contributed by atoms with Crippen molar-refractivity contribution >= 4 is 5.91 Å². The normalized spacial score (nSPS) is 10.4. The van der Waals surface area contributed by atoms with Crippen molar-refractivity contribution in [2.24, 2.45) is 0 Å². The highest BCUT2D eigenvalue weighted by Crippen LogP contribution is 2.00. The second-order valence-corrected chi connectivity index (χ2v) is 3.78. The lowest BCUT2D eigenvalue weighted by Gasteiger charge is -2.06. The van der Waals surface area contributed by atoms with E-state index in [1.165, 1.54) is 0 Å². The van der Waals surface area contributed by atoms with Crippen LogP contribution in [0.4, 0.5) is 0 Å². The molecule has 0 aliphatic rings. The minimum Gasteiger partial charge on any atom is -0.385 e. The van der Waals surface area contributed by atoms with E-state index in [1.807, 2.05) is 19.9 Å². The first kappa shape index (κ1) is 12.7. The summed E-state index contributed by atoms with van der Waals surface area (Å²) in [6.45, 7) is 5.46. The number of carbonyl (C=O) groups excluding carboxylic acids is 1. The fourth-order valence-electron chi connectivity index (χ4n) is 1.47. The number of methoxy groups -OCH3 is 1. The number of carbonyl (C=O) groups is 1. The van der Waals surface area contributed by atoms with Crippen molar-refractivity contribution in [3.8, 4) is 0 Å². The summed E-state index contributed by atoms with van der Waals surface area (Å²) in [6.07, 6.45) is 0.833. The average molecular weight is 225 g/mol. The van der Waals surface area contributed by atoms with E-state index in [1.54, 1.807) is 11.8 Å². The molecular weight excluding hydrogens is 206 g/mol. The predicted octanol–water partition coefficient (Wildman–Crippen LogP) is 0.653. The molecule has 1 amide bonds. The zero-order valence-electron chi connectivity index (χ0n) is 10.1. The van der Waals surface area contributed by atoms with E-state index in [4.69, 9.17) is 4.74 Å². The van der Waals surface area contributed by atoms with Gasteiger partial charge in [-0.25, -0.2) is 0 Å². The molecule has 0 bridgehead atoms. The molecule has 0 saturated carbocycles. The van der Waals surface area contributed by atoms with Gasteiger partial charge in [0, 0.05) is 26.0 Å². The van der Waals surface area contributed by atoms with Gasteiger partial charge in [-0.05, 0) is 26.3 Å². The van der Waals surface area contributed by atoms with Crippen LogP contribution < -0.4 is 5.32 Å². The van der Waals surface area contributed by atoms with Crippen LogP contribution in [0.2, 0.25) is 0 Å². The molecule has 0 fully saturated rings. The first-order chi connectivity index (χ1) is 7.63. The third kappa shape index (κ3) is 4.02. The number of aromatic nitrogens is 2. The molecule has 5 nitrogen and oxygen atoms in total. The molecule has 90 valence electrons. The van der Waals surface area contributed by atoms with Gasteiger partial charge in [0.05, 0.1) is 5.69 Å². The van der Waals surface area contributed by atoms with Crippen LogP contribution in [0.25, 0.3) is 0 Å². The summed E-state index contributed by atoms with van der Waals surface area (Å²) >= 11 is 0. The summed E-state index contributed by atoms with van der Waals surface area (Å²) in [5, 5.41) is 7.05. The topological polar surface area (TPSA) is 56.1 Å². The standard InChI is InChI=1S/C11H19N3O2/c1-9-7-10(2)14(13-9)8-11(15)12-5-4-6-16-3/h7H,4-6,8H2,1-3H3,(H,12,15). The van der Waals surface area contributed by atoms with Gasteiger partial charge in [-0.1, -0.05) is 0 Å². The molecule has 0 aromatic carbocycles. The fraction of sp³-hybridized carbons (Fsp3) is 0.636. The maximum atomic E-state index is 11.5. The quantitative estimate of drug-likeness (QED) is 0.723. The first-order valence-corrected chi connectivity index (χ1v) is 5.40. The molecule has 0 aliphatic heterocycles. The minimum atomic E-state index is -0.0118. The molecule has 1 aromatic rings. The van der Waals surface area contributed by atoms with Crippen LogP contribution in [0.3, 0.4) is 0 Å². The van der Waals surface area contributed by atoms with Crippen LogP contribution >= 0.6 is 0 Å². The molecule has 1 aromatic heterocycles. The molecule has 0 radical (unpaired) electrons. The Hall–Kier alpha value is -1.36. The summed E-state index contributed by atoms with van der Waals surface area (Å²) in [5.41, 5.74) is 1.94. The number of rotatable bonds is 6. The van der Waals surface area contributed by atoms with Crippen molar-refractivity contribution < 1.29 is 9.53 Å². The predicted molar refractivity (Wildman–Crippen MR) is 61.2 cm³/mol. The Morgan fingerprint density at radius 1 is 1.56 bits per heavy atom. The lowest BCUT2D eigenvalue weighted by atomic mass is 10.4. The molecular formula is C11H19N3O2. The van der Waals surface area contributed by atoms with E-state index >= 15 is 0 Å². The average Bonchev–Trinajstić information content (AvgIpc) is 2.52. The van der Waals surface area contributed by atoms with Gasteiger partial charge in [-0.2, -0.15) is 5.10 Å². The Balaban J connectivity index is 2.31. The van der Waals surface area contributed by atoms with Crippen LogP contribution in [0.15, 0.2) is 6.07 Å². The van der Waals surface area contributed by atoms with Crippen molar-refractivity contribution in [2.75, 3.05) is 20.3 Å². The Morgan fingerprint density at radius 3 is 2.88 bits per heavy atom. The Kier molecular flexibility index (Phi) is 4.98. The largest absolute Gasteiger partial charge is 0.385 e. The van der Waals surface area contributed by atoms with Gasteiger partial charge < -0.3 is 10.1 Å². The number of ether oxygens (including phenoxy) is 1. The molecule has 1 rings (SSSR count). The van der Waals surface area contributed by atoms with Crippen molar-refractivity contribution in [2.45, 2.75) is 26.8 Å². The van der Waals surface area contributed by atoms with Gasteiger partial charge in [0.1, 0.15) is 6.54 Å². The van der Waals surface area contributed by atoms with Crippen LogP contribution in [-0.2, 0) is 16.1 Å². The summed E-state index contributed by atoms with van der Waals surface area (Å²) in [7, 11) is 1.65. The highest BCUT2D eigenvalue weighted by atomic mass is 16.5. The van der Waals surface area contributed by atoms with Crippen molar-refractivity contribution in [1.29, 1.82) is 0 Å². The Bertz CT molecular complexity index is 347. The summed E-state index contributed by atoms with van der Waals surface area (Å²) in [4.78, 5) is 11.5. The number of hydrogen-bond acceptors (Lipinski definition) is 3. The number of nitrogens with zero attached hydrogens (tertiary/aromatic N) is 2. The number of amides is 1. The lowest BCUT2D eigenvalue weighted by Crippen LogP contribution is -2.29. The van der Waals surface area contributed by atoms with Gasteiger partial charge in [-0.3, -0.25) is 9.48 Å². The highest BCUT2D eigenvalue weighted by Gasteiger charge is 2.05. The Morgan fingerprint density at radius 2 is 2.31 bits per heavy atom. The van der Waals surface area contributed by atoms with Crippen molar-refractivity contribution in [1.82, 2.24) is 15.1 Å². The maximum absolute atomic E-state index is 11.5. The molecule has 1 heterocycles. The van der Waals surface area contributed by atoms with E-state index in [9.17, 15) is 4.79 Å². The first-order valence-electron chi connectivity index (χ1n) is 5.40. The van der Waals surface area contributed by atoms with E-state index in [0.29, 0.717) is 13.2 Å². The number of hydrogen-bond donors (Lipinski definition) is 1. The van der Waals surface area contributed by atoms with Crippen molar-refractivity contribution in [3.05, 3.63) is 17.5 Å². The minimum absolute atomic E-state index is 0.0118. The molecule has 0 aliphatic carbocycles. The molecule has 5 heteroatoms. The lowest BCUT2D eigenvalue weighted by molar-refractivity contribution is -0.121. The molecule has 0 saturated heterocycles. The van der Waals surface area contributed by atoms with Gasteiger partial charge >= 0.3 is 0 Å². The van der Waals surface area contributed by atoms with Gasteiger partial charge in [0.15, 0.2) is 0 Å². The van der Waals surface area contributed by atoms with E-state index in [0.717, 1.165) is 17.8 Å². The second-order valence-electron chi connectivity index (χ2n) is 3.78. The third-order valence-corrected chi connectivity index (χ3v) is 2.24.